The highest BCUT2D eigenvalue weighted by Crippen LogP contribution is 2.34. The van der Waals surface area contributed by atoms with E-state index in [4.69, 9.17) is 5.11 Å². The molecule has 94 valence electrons. The summed E-state index contributed by atoms with van der Waals surface area (Å²) in [5.41, 5.74) is -0.997. The van der Waals surface area contributed by atoms with Gasteiger partial charge in [-0.15, -0.1) is 0 Å². The van der Waals surface area contributed by atoms with Gasteiger partial charge in [0.25, 0.3) is 0 Å². The Morgan fingerprint density at radius 2 is 2.12 bits per heavy atom. The molecular formula is C10H16F3NO2. The second-order valence-electron chi connectivity index (χ2n) is 4.33. The zero-order valence-electron chi connectivity index (χ0n) is 8.94. The lowest BCUT2D eigenvalue weighted by Crippen LogP contribution is -2.45. The van der Waals surface area contributed by atoms with Crippen molar-refractivity contribution < 1.29 is 23.1 Å². The molecule has 0 spiro atoms. The first kappa shape index (κ1) is 13.3. The van der Waals surface area contributed by atoms with Crippen LogP contribution in [0.25, 0.3) is 0 Å². The van der Waals surface area contributed by atoms with E-state index in [9.17, 15) is 18.0 Å². The highest BCUT2D eigenvalue weighted by Gasteiger charge is 2.40. The van der Waals surface area contributed by atoms with E-state index in [1.165, 1.54) is 0 Å². The summed E-state index contributed by atoms with van der Waals surface area (Å²) in [5, 5.41) is 12.0. The number of piperidine rings is 1. The Morgan fingerprint density at radius 1 is 1.44 bits per heavy atom. The molecule has 1 unspecified atom stereocenters. The molecule has 1 heterocycles. The molecule has 0 aromatic heterocycles. The number of carbonyl (C=O) groups is 1. The first-order valence-electron chi connectivity index (χ1n) is 5.37. The van der Waals surface area contributed by atoms with Crippen molar-refractivity contribution in [3.05, 3.63) is 0 Å². The predicted octanol–water partition coefficient (Wildman–Crippen LogP) is 2.17. The molecule has 6 heteroatoms. The molecular weight excluding hydrogens is 223 g/mol. The number of carboxylic acids is 1. The summed E-state index contributed by atoms with van der Waals surface area (Å²) in [6.07, 6.45) is -3.94. The number of hydrogen-bond donors (Lipinski definition) is 2. The third kappa shape index (κ3) is 3.66. The van der Waals surface area contributed by atoms with Crippen LogP contribution in [0.3, 0.4) is 0 Å². The molecule has 1 fully saturated rings. The Balaban J connectivity index is 2.48. The quantitative estimate of drug-likeness (QED) is 0.790. The highest BCUT2D eigenvalue weighted by atomic mass is 19.4. The molecule has 1 aliphatic rings. The highest BCUT2D eigenvalue weighted by molar-refractivity contribution is 5.75. The molecule has 3 nitrogen and oxygen atoms in total. The number of nitrogens with one attached hydrogen (secondary N) is 1. The standard InChI is InChI=1S/C10H16F3NO2/c11-10(12,13)5-1-3-9(8(15)16)4-2-6-14-7-9/h14H,1-7H2,(H,15,16). The van der Waals surface area contributed by atoms with Crippen LogP contribution in [0.4, 0.5) is 13.2 Å². The van der Waals surface area contributed by atoms with Crippen LogP contribution in [-0.4, -0.2) is 30.3 Å². The van der Waals surface area contributed by atoms with Crippen molar-refractivity contribution >= 4 is 5.97 Å². The van der Waals surface area contributed by atoms with Gasteiger partial charge in [0.2, 0.25) is 0 Å². The van der Waals surface area contributed by atoms with Crippen LogP contribution in [0.5, 0.6) is 0 Å². The number of alkyl halides is 3. The zero-order chi connectivity index (χ0) is 12.2. The molecule has 1 rings (SSSR count). The fourth-order valence-corrected chi connectivity index (χ4v) is 2.10. The maximum Gasteiger partial charge on any atom is 0.389 e. The van der Waals surface area contributed by atoms with E-state index in [1.54, 1.807) is 0 Å². The van der Waals surface area contributed by atoms with Crippen LogP contribution in [0.15, 0.2) is 0 Å². The Hall–Kier alpha value is -0.780. The van der Waals surface area contributed by atoms with Gasteiger partial charge in [-0.3, -0.25) is 4.79 Å². The third-order valence-corrected chi connectivity index (χ3v) is 3.04. The molecule has 0 amide bonds. The number of aliphatic carboxylic acids is 1. The third-order valence-electron chi connectivity index (χ3n) is 3.04. The maximum atomic E-state index is 12.0. The Kier molecular flexibility index (Phi) is 4.18. The molecule has 16 heavy (non-hydrogen) atoms. The van der Waals surface area contributed by atoms with E-state index in [0.717, 1.165) is 6.54 Å². The number of halogens is 3. The summed E-state index contributed by atoms with van der Waals surface area (Å²) in [7, 11) is 0. The molecule has 0 aliphatic carbocycles. The number of rotatable bonds is 4. The lowest BCUT2D eigenvalue weighted by molar-refractivity contribution is -0.153. The fourth-order valence-electron chi connectivity index (χ4n) is 2.10. The Labute approximate surface area is 92.0 Å². The minimum absolute atomic E-state index is 0.0921. The SMILES string of the molecule is O=C(O)C1(CCCC(F)(F)F)CCCNC1. The minimum atomic E-state index is -4.19. The average Bonchev–Trinajstić information content (AvgIpc) is 2.17. The van der Waals surface area contributed by atoms with Gasteiger partial charge < -0.3 is 10.4 Å². The van der Waals surface area contributed by atoms with Crippen LogP contribution in [0, 0.1) is 5.41 Å². The van der Waals surface area contributed by atoms with Gasteiger partial charge in [-0.1, -0.05) is 0 Å². The van der Waals surface area contributed by atoms with Crippen LogP contribution >= 0.6 is 0 Å². The van der Waals surface area contributed by atoms with Crippen molar-refractivity contribution in [3.8, 4) is 0 Å². The first-order chi connectivity index (χ1) is 7.36. The molecule has 0 radical (unpaired) electrons. The van der Waals surface area contributed by atoms with Gasteiger partial charge in [0.1, 0.15) is 0 Å². The summed E-state index contributed by atoms with van der Waals surface area (Å²) in [6.45, 7) is 1.02. The molecule has 0 aromatic rings. The average molecular weight is 239 g/mol. The van der Waals surface area contributed by atoms with Crippen LogP contribution in [0.2, 0.25) is 0 Å². The summed E-state index contributed by atoms with van der Waals surface area (Å²) >= 11 is 0. The fraction of sp³-hybridized carbons (Fsp3) is 0.900. The van der Waals surface area contributed by atoms with E-state index in [2.05, 4.69) is 5.32 Å². The van der Waals surface area contributed by atoms with Crippen molar-refractivity contribution in [3.63, 3.8) is 0 Å². The summed E-state index contributed by atoms with van der Waals surface area (Å²) in [4.78, 5) is 11.1. The largest absolute Gasteiger partial charge is 0.481 e. The molecule has 1 saturated heterocycles. The Bertz CT molecular complexity index is 247. The Morgan fingerprint density at radius 3 is 2.56 bits per heavy atom. The van der Waals surface area contributed by atoms with Crippen molar-refractivity contribution in [2.75, 3.05) is 13.1 Å². The van der Waals surface area contributed by atoms with Crippen molar-refractivity contribution in [2.45, 2.75) is 38.3 Å². The van der Waals surface area contributed by atoms with Gasteiger partial charge >= 0.3 is 12.1 Å². The van der Waals surface area contributed by atoms with E-state index in [-0.39, 0.29) is 19.4 Å². The topological polar surface area (TPSA) is 49.3 Å². The first-order valence-corrected chi connectivity index (χ1v) is 5.37. The molecule has 0 aromatic carbocycles. The van der Waals surface area contributed by atoms with Crippen molar-refractivity contribution in [1.29, 1.82) is 0 Å². The van der Waals surface area contributed by atoms with Crippen molar-refractivity contribution in [2.24, 2.45) is 5.41 Å². The van der Waals surface area contributed by atoms with E-state index >= 15 is 0 Å². The smallest absolute Gasteiger partial charge is 0.389 e. The molecule has 1 aliphatic heterocycles. The van der Waals surface area contributed by atoms with E-state index < -0.39 is 24.0 Å². The molecule has 0 bridgehead atoms. The lowest BCUT2D eigenvalue weighted by Gasteiger charge is -2.33. The summed E-state index contributed by atoms with van der Waals surface area (Å²) in [5.74, 6) is -0.984. The van der Waals surface area contributed by atoms with Gasteiger partial charge in [0, 0.05) is 13.0 Å². The van der Waals surface area contributed by atoms with E-state index in [0.29, 0.717) is 12.8 Å². The second kappa shape index (κ2) is 5.03. The van der Waals surface area contributed by atoms with E-state index in [1.807, 2.05) is 0 Å². The van der Waals surface area contributed by atoms with Crippen LogP contribution in [0.1, 0.15) is 32.1 Å². The van der Waals surface area contributed by atoms with Crippen LogP contribution < -0.4 is 5.32 Å². The van der Waals surface area contributed by atoms with Crippen molar-refractivity contribution in [1.82, 2.24) is 5.32 Å². The minimum Gasteiger partial charge on any atom is -0.481 e. The van der Waals surface area contributed by atoms with Crippen LogP contribution in [-0.2, 0) is 4.79 Å². The molecule has 0 saturated carbocycles. The zero-order valence-corrected chi connectivity index (χ0v) is 8.94. The normalized spacial score (nSPS) is 26.7. The predicted molar refractivity (Wildman–Crippen MR) is 52.1 cm³/mol. The van der Waals surface area contributed by atoms with Gasteiger partial charge in [-0.2, -0.15) is 13.2 Å². The van der Waals surface area contributed by atoms with Gasteiger partial charge in [0.15, 0.2) is 0 Å². The second-order valence-corrected chi connectivity index (χ2v) is 4.33. The van der Waals surface area contributed by atoms with Gasteiger partial charge in [-0.05, 0) is 32.2 Å². The monoisotopic (exact) mass is 239 g/mol. The number of hydrogen-bond acceptors (Lipinski definition) is 2. The summed E-state index contributed by atoms with van der Waals surface area (Å²) < 4.78 is 35.9. The lowest BCUT2D eigenvalue weighted by atomic mass is 9.76. The molecule has 2 N–H and O–H groups in total. The number of carboxylic acid groups (broad SMARTS) is 1. The van der Waals surface area contributed by atoms with Gasteiger partial charge in [0.05, 0.1) is 5.41 Å². The molecule has 1 atom stereocenters. The maximum absolute atomic E-state index is 12.0. The summed E-state index contributed by atoms with van der Waals surface area (Å²) in [6, 6.07) is 0. The van der Waals surface area contributed by atoms with Gasteiger partial charge in [-0.25, -0.2) is 0 Å².